The van der Waals surface area contributed by atoms with Gasteiger partial charge in [0.1, 0.15) is 11.6 Å². The third-order valence-electron chi connectivity index (χ3n) is 4.46. The summed E-state index contributed by atoms with van der Waals surface area (Å²) in [5.41, 5.74) is 0. The van der Waals surface area contributed by atoms with Crippen molar-refractivity contribution >= 4 is 5.91 Å². The summed E-state index contributed by atoms with van der Waals surface area (Å²) < 4.78 is 7.79. The third-order valence-corrected chi connectivity index (χ3v) is 4.46. The van der Waals surface area contributed by atoms with E-state index in [4.69, 9.17) is 4.74 Å². The van der Waals surface area contributed by atoms with Crippen molar-refractivity contribution < 1.29 is 9.53 Å². The fourth-order valence-electron chi connectivity index (χ4n) is 3.15. The molecular formula is C19H26N4O2. The second-order valence-electron chi connectivity index (χ2n) is 6.49. The number of aromatic nitrogens is 3. The van der Waals surface area contributed by atoms with Crippen LogP contribution in [0.1, 0.15) is 56.7 Å². The zero-order valence-electron chi connectivity index (χ0n) is 14.8. The van der Waals surface area contributed by atoms with E-state index in [0.717, 1.165) is 36.8 Å². The summed E-state index contributed by atoms with van der Waals surface area (Å²) in [5.74, 6) is 2.77. The highest BCUT2D eigenvalue weighted by Gasteiger charge is 2.20. The summed E-state index contributed by atoms with van der Waals surface area (Å²) in [6.07, 6.45) is 5.65. The van der Waals surface area contributed by atoms with Gasteiger partial charge in [-0.15, -0.1) is 10.2 Å². The van der Waals surface area contributed by atoms with Gasteiger partial charge < -0.3 is 14.6 Å². The minimum atomic E-state index is -0.123. The van der Waals surface area contributed by atoms with Gasteiger partial charge in [0.25, 0.3) is 0 Å². The molecule has 1 amide bonds. The van der Waals surface area contributed by atoms with Gasteiger partial charge in [-0.05, 0) is 38.3 Å². The molecule has 134 valence electrons. The van der Waals surface area contributed by atoms with Gasteiger partial charge in [0.05, 0.1) is 12.6 Å². The lowest BCUT2D eigenvalue weighted by atomic mass is 10.2. The van der Waals surface area contributed by atoms with Gasteiger partial charge in [-0.1, -0.05) is 24.6 Å². The molecule has 1 aromatic carbocycles. The fourth-order valence-corrected chi connectivity index (χ4v) is 3.15. The van der Waals surface area contributed by atoms with Crippen molar-refractivity contribution in [2.45, 2.75) is 58.0 Å². The standard InChI is InChI=1S/C19H26N4O2/c1-15(19-22-21-17-11-6-3-7-13-23(17)19)20-18(24)12-8-14-25-16-9-4-2-5-10-16/h2,4-5,9-10,15H,3,6-8,11-14H2,1H3,(H,20,24)/t15-/m0/s1. The number of carbonyl (C=O) groups is 1. The Labute approximate surface area is 148 Å². The Balaban J connectivity index is 1.44. The van der Waals surface area contributed by atoms with Crippen LogP contribution in [0.15, 0.2) is 30.3 Å². The van der Waals surface area contributed by atoms with Gasteiger partial charge >= 0.3 is 0 Å². The number of nitrogens with zero attached hydrogens (tertiary/aromatic N) is 3. The quantitative estimate of drug-likeness (QED) is 0.785. The van der Waals surface area contributed by atoms with Crippen LogP contribution in [-0.2, 0) is 17.8 Å². The normalized spacial score (nSPS) is 15.1. The second kappa shape index (κ2) is 8.65. The zero-order chi connectivity index (χ0) is 17.5. The number of nitrogens with one attached hydrogen (secondary N) is 1. The predicted molar refractivity (Wildman–Crippen MR) is 95.3 cm³/mol. The smallest absolute Gasteiger partial charge is 0.220 e. The molecule has 0 radical (unpaired) electrons. The van der Waals surface area contributed by atoms with Gasteiger partial charge in [0.15, 0.2) is 5.82 Å². The van der Waals surface area contributed by atoms with Gasteiger partial charge in [0, 0.05) is 19.4 Å². The van der Waals surface area contributed by atoms with Crippen molar-refractivity contribution in [3.63, 3.8) is 0 Å². The van der Waals surface area contributed by atoms with E-state index in [1.807, 2.05) is 37.3 Å². The number of carbonyl (C=O) groups excluding carboxylic acids is 1. The topological polar surface area (TPSA) is 69.0 Å². The van der Waals surface area contributed by atoms with Crippen LogP contribution in [0.2, 0.25) is 0 Å². The molecule has 0 saturated carbocycles. The molecule has 0 spiro atoms. The van der Waals surface area contributed by atoms with Crippen molar-refractivity contribution in [3.05, 3.63) is 42.0 Å². The number of amides is 1. The van der Waals surface area contributed by atoms with E-state index in [1.165, 1.54) is 12.8 Å². The molecule has 2 aromatic rings. The average molecular weight is 342 g/mol. The van der Waals surface area contributed by atoms with E-state index in [0.29, 0.717) is 19.4 Å². The summed E-state index contributed by atoms with van der Waals surface area (Å²) >= 11 is 0. The van der Waals surface area contributed by atoms with Gasteiger partial charge in [-0.25, -0.2) is 0 Å². The molecular weight excluding hydrogens is 316 g/mol. The molecule has 6 nitrogen and oxygen atoms in total. The van der Waals surface area contributed by atoms with Crippen LogP contribution in [0.3, 0.4) is 0 Å². The summed E-state index contributed by atoms with van der Waals surface area (Å²) in [5, 5.41) is 11.6. The first-order valence-corrected chi connectivity index (χ1v) is 9.13. The predicted octanol–water partition coefficient (Wildman–Crippen LogP) is 3.04. The molecule has 0 unspecified atom stereocenters. The number of para-hydroxylation sites is 1. The maximum absolute atomic E-state index is 12.2. The van der Waals surface area contributed by atoms with E-state index < -0.39 is 0 Å². The number of fused-ring (bicyclic) bond motifs is 1. The number of hydrogen-bond acceptors (Lipinski definition) is 4. The van der Waals surface area contributed by atoms with Crippen molar-refractivity contribution in [2.24, 2.45) is 0 Å². The van der Waals surface area contributed by atoms with Crippen LogP contribution in [0.5, 0.6) is 5.75 Å². The summed E-state index contributed by atoms with van der Waals surface area (Å²) in [7, 11) is 0. The maximum Gasteiger partial charge on any atom is 0.220 e. The molecule has 0 saturated heterocycles. The molecule has 0 aliphatic carbocycles. The highest BCUT2D eigenvalue weighted by atomic mass is 16.5. The fraction of sp³-hybridized carbons (Fsp3) is 0.526. The number of hydrogen-bond donors (Lipinski definition) is 1. The Bertz CT molecular complexity index is 684. The van der Waals surface area contributed by atoms with E-state index in [2.05, 4.69) is 20.1 Å². The lowest BCUT2D eigenvalue weighted by Crippen LogP contribution is -2.29. The van der Waals surface area contributed by atoms with Crippen LogP contribution in [0.4, 0.5) is 0 Å². The first kappa shape index (κ1) is 17.5. The highest BCUT2D eigenvalue weighted by molar-refractivity contribution is 5.76. The van der Waals surface area contributed by atoms with Crippen LogP contribution in [-0.4, -0.2) is 27.3 Å². The lowest BCUT2D eigenvalue weighted by Gasteiger charge is -2.15. The minimum absolute atomic E-state index is 0.0233. The molecule has 1 atom stereocenters. The largest absolute Gasteiger partial charge is 0.494 e. The summed E-state index contributed by atoms with van der Waals surface area (Å²) in [4.78, 5) is 12.2. The molecule has 1 aliphatic heterocycles. The van der Waals surface area contributed by atoms with Crippen LogP contribution < -0.4 is 10.1 Å². The summed E-state index contributed by atoms with van der Waals surface area (Å²) in [6, 6.07) is 9.53. The first-order chi connectivity index (χ1) is 12.2. The maximum atomic E-state index is 12.2. The molecule has 1 aliphatic rings. The number of aryl methyl sites for hydroxylation is 1. The lowest BCUT2D eigenvalue weighted by molar-refractivity contribution is -0.122. The number of benzene rings is 1. The Morgan fingerprint density at radius 2 is 2.08 bits per heavy atom. The number of rotatable bonds is 7. The van der Waals surface area contributed by atoms with Crippen molar-refractivity contribution in [1.82, 2.24) is 20.1 Å². The van der Waals surface area contributed by atoms with Crippen molar-refractivity contribution in [1.29, 1.82) is 0 Å². The van der Waals surface area contributed by atoms with E-state index >= 15 is 0 Å². The monoisotopic (exact) mass is 342 g/mol. The van der Waals surface area contributed by atoms with E-state index in [1.54, 1.807) is 0 Å². The van der Waals surface area contributed by atoms with Crippen molar-refractivity contribution in [3.8, 4) is 5.75 Å². The Hall–Kier alpha value is -2.37. The molecule has 3 rings (SSSR count). The van der Waals surface area contributed by atoms with E-state index in [9.17, 15) is 4.79 Å². The molecule has 0 bridgehead atoms. The third kappa shape index (κ3) is 4.81. The SMILES string of the molecule is C[C@H](NC(=O)CCCOc1ccccc1)c1nnc2n1CCCCC2. The Morgan fingerprint density at radius 3 is 2.92 bits per heavy atom. The molecule has 2 heterocycles. The zero-order valence-corrected chi connectivity index (χ0v) is 14.8. The molecule has 0 fully saturated rings. The van der Waals surface area contributed by atoms with Gasteiger partial charge in [-0.3, -0.25) is 4.79 Å². The van der Waals surface area contributed by atoms with Gasteiger partial charge in [-0.2, -0.15) is 0 Å². The second-order valence-corrected chi connectivity index (χ2v) is 6.49. The van der Waals surface area contributed by atoms with Crippen LogP contribution in [0.25, 0.3) is 0 Å². The Morgan fingerprint density at radius 1 is 1.24 bits per heavy atom. The molecule has 1 aromatic heterocycles. The average Bonchev–Trinajstić information content (AvgIpc) is 2.88. The minimum Gasteiger partial charge on any atom is -0.494 e. The van der Waals surface area contributed by atoms with Crippen LogP contribution in [0, 0.1) is 0 Å². The summed E-state index contributed by atoms with van der Waals surface area (Å²) in [6.45, 7) is 3.45. The molecule has 1 N–H and O–H groups in total. The van der Waals surface area contributed by atoms with Crippen molar-refractivity contribution in [2.75, 3.05) is 6.61 Å². The first-order valence-electron chi connectivity index (χ1n) is 9.13. The molecule has 25 heavy (non-hydrogen) atoms. The van der Waals surface area contributed by atoms with Crippen LogP contribution >= 0.6 is 0 Å². The Kier molecular flexibility index (Phi) is 6.04. The van der Waals surface area contributed by atoms with E-state index in [-0.39, 0.29) is 11.9 Å². The number of ether oxygens (including phenoxy) is 1. The molecule has 6 heteroatoms. The highest BCUT2D eigenvalue weighted by Crippen LogP contribution is 2.18. The van der Waals surface area contributed by atoms with Gasteiger partial charge in [0.2, 0.25) is 5.91 Å².